The van der Waals surface area contributed by atoms with Crippen LogP contribution in [0.25, 0.3) is 11.1 Å². The van der Waals surface area contributed by atoms with Gasteiger partial charge in [0, 0.05) is 34.7 Å². The molecule has 2 unspecified atom stereocenters. The number of aliphatic hydroxyl groups is 6. The first-order chi connectivity index (χ1) is 48.0. The molecule has 0 radical (unpaired) electrons. The van der Waals surface area contributed by atoms with E-state index in [1.165, 1.54) is 26.0 Å². The number of nitrogens with one attached hydrogen (secondary N) is 6. The van der Waals surface area contributed by atoms with E-state index in [1.807, 2.05) is 13.8 Å². The number of primary amides is 1. The Balaban J connectivity index is 1.24. The number of benzene rings is 5. The Labute approximate surface area is 590 Å². The predicted molar refractivity (Wildman–Crippen MR) is 354 cm³/mol. The predicted octanol–water partition coefficient (Wildman–Crippen LogP) is 0.448. The second-order valence-electron chi connectivity index (χ2n) is 26.4. The maximum atomic E-state index is 16.0. The topological polar surface area (TPSA) is 522 Å². The van der Waals surface area contributed by atoms with Gasteiger partial charge in [-0.25, -0.2) is 4.79 Å². The zero-order valence-electron chi connectivity index (χ0n) is 55.3. The van der Waals surface area contributed by atoms with Crippen molar-refractivity contribution >= 4 is 70.5 Å². The molecule has 0 saturated carbocycles. The van der Waals surface area contributed by atoms with E-state index in [2.05, 4.69) is 31.9 Å². The highest BCUT2D eigenvalue weighted by molar-refractivity contribution is 6.32. The largest absolute Gasteiger partial charge is 0.508 e. The molecule has 35 heteroatoms. The molecule has 548 valence electrons. The Kier molecular flexibility index (Phi) is 22.5. The van der Waals surface area contributed by atoms with E-state index in [0.717, 1.165) is 66.7 Å². The van der Waals surface area contributed by atoms with Crippen molar-refractivity contribution in [2.24, 2.45) is 17.4 Å². The average Bonchev–Trinajstić information content (AvgIpc) is 0.770. The fourth-order valence-corrected chi connectivity index (χ4v) is 13.1. The number of hydrogen-bond acceptors (Lipinski definition) is 25. The summed E-state index contributed by atoms with van der Waals surface area (Å²) >= 11 is 14.1. The molecule has 20 N–H and O–H groups in total. The number of halogens is 2. The highest BCUT2D eigenvalue weighted by Crippen LogP contribution is 2.50. The first-order valence-corrected chi connectivity index (χ1v) is 32.7. The first kappa shape index (κ1) is 75.5. The minimum Gasteiger partial charge on any atom is -0.508 e. The number of carbonyl (C=O) groups is 8. The lowest BCUT2D eigenvalue weighted by molar-refractivity contribution is -0.333. The summed E-state index contributed by atoms with van der Waals surface area (Å²) in [5.41, 5.74) is 8.04. The lowest BCUT2D eigenvalue weighted by Crippen LogP contribution is -2.64. The summed E-state index contributed by atoms with van der Waals surface area (Å²) in [7, 11) is 3.19. The van der Waals surface area contributed by atoms with Crippen molar-refractivity contribution in [2.45, 2.75) is 156 Å². The summed E-state index contributed by atoms with van der Waals surface area (Å²) in [4.78, 5) is 119. The van der Waals surface area contributed by atoms with Crippen LogP contribution >= 0.6 is 23.2 Å². The second kappa shape index (κ2) is 30.4. The SMILES string of the molecule is CC(C)C[C@H](C(=O)N[C@H]1C(=O)N[C@@H](CC(N)=O)C(=O)N[C@H]2C(=O)N[C@H]3C(=O)N[C@H](C(=O)N[C@H](C(=O)O)c4cc(O)cc(O)c4-c4cc3ccc4O)[C@H](O)c3ccc(c(Cl)c3)Oc3cc2cc(c3O[C@@H]2O[C@H](CO)[C@@H](O)[C@H](O)C2OC2C[C@](C)(N)[C@H](O)[C@H](C)O2)Oc2ccc(cc2Cl)[C@H]1O)N(C)C. The van der Waals surface area contributed by atoms with Gasteiger partial charge in [0.2, 0.25) is 53.4 Å². The third kappa shape index (κ3) is 15.9. The number of likely N-dealkylation sites (N-methyl/N-ethyl adjacent to an activating group) is 1. The molecule has 7 heterocycles. The van der Waals surface area contributed by atoms with Crippen LogP contribution in [0.3, 0.4) is 0 Å². The van der Waals surface area contributed by atoms with E-state index in [1.54, 1.807) is 19.0 Å². The molecule has 5 aromatic carbocycles. The van der Waals surface area contributed by atoms with Crippen molar-refractivity contribution in [3.05, 3.63) is 117 Å². The summed E-state index contributed by atoms with van der Waals surface area (Å²) < 4.78 is 38.3. The smallest absolute Gasteiger partial charge is 0.330 e. The minimum atomic E-state index is -2.35. The molecule has 7 aliphatic heterocycles. The lowest BCUT2D eigenvalue weighted by atomic mass is 9.86. The molecule has 5 aromatic rings. The molecular formula is C67H77Cl2N9O24. The molecule has 7 aliphatic rings. The van der Waals surface area contributed by atoms with Crippen molar-refractivity contribution in [1.82, 2.24) is 36.8 Å². The quantitative estimate of drug-likeness (QED) is 0.0761. The van der Waals surface area contributed by atoms with Gasteiger partial charge in [0.05, 0.1) is 41.3 Å². The van der Waals surface area contributed by atoms with Gasteiger partial charge in [0.25, 0.3) is 0 Å². The summed E-state index contributed by atoms with van der Waals surface area (Å²) in [6, 6.07) is -0.588. The fourth-order valence-electron chi connectivity index (χ4n) is 12.7. The number of carbonyl (C=O) groups excluding carboxylic acids is 7. The van der Waals surface area contributed by atoms with Gasteiger partial charge in [-0.2, -0.15) is 0 Å². The number of rotatable bonds is 13. The number of aliphatic hydroxyl groups excluding tert-OH is 6. The number of ether oxygens (including phenoxy) is 6. The van der Waals surface area contributed by atoms with E-state index >= 15 is 14.4 Å². The molecule has 102 heavy (non-hydrogen) atoms. The summed E-state index contributed by atoms with van der Waals surface area (Å²) in [5, 5.41) is 128. The number of aliphatic carboxylic acids is 1. The zero-order chi connectivity index (χ0) is 74.4. The lowest BCUT2D eigenvalue weighted by Gasteiger charge is -2.47. The van der Waals surface area contributed by atoms with Gasteiger partial charge in [-0.05, 0) is 117 Å². The van der Waals surface area contributed by atoms with Gasteiger partial charge in [-0.1, -0.05) is 55.2 Å². The summed E-state index contributed by atoms with van der Waals surface area (Å²) in [6.07, 6.45) is -18.5. The van der Waals surface area contributed by atoms with Gasteiger partial charge < -0.3 is 123 Å². The Morgan fingerprint density at radius 1 is 0.716 bits per heavy atom. The molecule has 2 fully saturated rings. The molecule has 0 aromatic heterocycles. The fraction of sp³-hybridized carbons (Fsp3) is 0.433. The number of hydrogen-bond donors (Lipinski definition) is 18. The number of nitrogens with two attached hydrogens (primary N) is 2. The van der Waals surface area contributed by atoms with Crippen LogP contribution in [0.1, 0.15) is 105 Å². The van der Waals surface area contributed by atoms with Crippen molar-refractivity contribution in [1.29, 1.82) is 0 Å². The number of phenolic OH excluding ortho intramolecular Hbond substituents is 3. The molecule has 2 saturated heterocycles. The molecule has 11 bridgehead atoms. The van der Waals surface area contributed by atoms with E-state index in [9.17, 15) is 75.0 Å². The summed E-state index contributed by atoms with van der Waals surface area (Å²) in [5.74, 6) is -15.9. The monoisotopic (exact) mass is 1460 g/mol. The number of phenols is 3. The minimum absolute atomic E-state index is 0.0929. The molecular weight excluding hydrogens is 1390 g/mol. The number of amides is 7. The van der Waals surface area contributed by atoms with Crippen molar-refractivity contribution in [3.8, 4) is 57.1 Å². The van der Waals surface area contributed by atoms with Crippen LogP contribution in [0.5, 0.6) is 46.0 Å². The van der Waals surface area contributed by atoms with Gasteiger partial charge in [-0.3, -0.25) is 38.5 Å². The highest BCUT2D eigenvalue weighted by Gasteiger charge is 2.52. The normalized spacial score (nSPS) is 29.3. The molecule has 7 amide bonds. The Morgan fingerprint density at radius 2 is 1.31 bits per heavy atom. The van der Waals surface area contributed by atoms with Crippen LogP contribution in [0, 0.1) is 5.92 Å². The molecule has 12 rings (SSSR count). The Bertz CT molecular complexity index is 4110. The summed E-state index contributed by atoms with van der Waals surface area (Å²) in [6.45, 7) is 5.70. The van der Waals surface area contributed by atoms with E-state index < -0.39 is 237 Å². The molecule has 33 nitrogen and oxygen atoms in total. The van der Waals surface area contributed by atoms with Crippen LogP contribution in [-0.2, 0) is 52.6 Å². The first-order valence-electron chi connectivity index (χ1n) is 32.0. The van der Waals surface area contributed by atoms with Gasteiger partial charge in [0.15, 0.2) is 29.9 Å². The van der Waals surface area contributed by atoms with Gasteiger partial charge >= 0.3 is 5.97 Å². The van der Waals surface area contributed by atoms with Crippen LogP contribution in [0.2, 0.25) is 10.0 Å². The van der Waals surface area contributed by atoms with Crippen molar-refractivity contribution in [3.63, 3.8) is 0 Å². The van der Waals surface area contributed by atoms with Crippen LogP contribution in [0.4, 0.5) is 0 Å². The van der Waals surface area contributed by atoms with Crippen LogP contribution in [0.15, 0.2) is 78.9 Å². The average molecular weight is 1460 g/mol. The van der Waals surface area contributed by atoms with E-state index in [4.69, 9.17) is 63.1 Å². The van der Waals surface area contributed by atoms with E-state index in [-0.39, 0.29) is 46.2 Å². The number of carboxylic acid groups (broad SMARTS) is 1. The van der Waals surface area contributed by atoms with E-state index in [0.29, 0.717) is 0 Å². The molecule has 0 spiro atoms. The number of carboxylic acids is 1. The maximum Gasteiger partial charge on any atom is 0.330 e. The van der Waals surface area contributed by atoms with Crippen molar-refractivity contribution in [2.75, 3.05) is 20.7 Å². The standard InChI is InChI=1S/C67H77Cl2N9O24/c1-24(2)13-36(78(5)6)60(90)76-50-52(84)27-8-11-39(33(68)15-27)98-41-17-29-18-42(56(41)102-66-57(55(87)54(86)43(23-79)100-66)101-45-22-67(4,71)58(88)25(3)97-45)99-40-12-9-28(16-34(40)69)53(85)51-64(94)75-49(65(95)96)32-19-30(80)20-38(82)46(32)31-14-26(7-10-37(31)81)47(61(91)77-51)74-62(92)48(29)73-59(89)35(21-44(70)83)72-63(50)93/h7-12,14-20,24-25,35-36,43,45,47-55,57-58,66,79-82,84-88H,13,21-23,71H2,1-6H3,(H2,70,83)(H,72,93)(H,73,89)(H,74,92)(H,75,94)(H,76,90)(H,77,91)(H,95,96)/t25-,35-,36+,43+,45?,47+,48+,49-,50+,51-,52+,53+,54+,55-,57?,58+,66-,67-/m0/s1. The van der Waals surface area contributed by atoms with Crippen LogP contribution in [-0.4, -0.2) is 203 Å². The third-order valence-corrected chi connectivity index (χ3v) is 18.6. The highest BCUT2D eigenvalue weighted by atomic mass is 35.5. The Hall–Kier alpha value is -9.20. The van der Waals surface area contributed by atoms with Crippen LogP contribution < -0.4 is 57.6 Å². The van der Waals surface area contributed by atoms with Crippen molar-refractivity contribution < 1.29 is 118 Å². The molecule has 0 aliphatic carbocycles. The van der Waals surface area contributed by atoms with Gasteiger partial charge in [0.1, 0.15) is 89.5 Å². The maximum absolute atomic E-state index is 16.0. The zero-order valence-corrected chi connectivity index (χ0v) is 56.8. The number of nitrogens with zero attached hydrogens (tertiary/aromatic N) is 1. The van der Waals surface area contributed by atoms with Gasteiger partial charge in [-0.15, -0.1) is 0 Å². The second-order valence-corrected chi connectivity index (χ2v) is 27.2. The molecule has 18 atom stereocenters. The third-order valence-electron chi connectivity index (χ3n) is 18.0. The number of fused-ring (bicyclic) bond motifs is 15. The Morgan fingerprint density at radius 3 is 1.89 bits per heavy atom. The number of aromatic hydroxyl groups is 3.